The van der Waals surface area contributed by atoms with Crippen LogP contribution in [-0.4, -0.2) is 59.5 Å². The molecule has 0 saturated carbocycles. The van der Waals surface area contributed by atoms with E-state index in [-0.39, 0.29) is 5.91 Å². The van der Waals surface area contributed by atoms with Crippen LogP contribution in [-0.2, 0) is 11.3 Å². The van der Waals surface area contributed by atoms with Crippen LogP contribution < -0.4 is 10.1 Å². The molecule has 0 aliphatic carbocycles. The summed E-state index contributed by atoms with van der Waals surface area (Å²) in [5.41, 5.74) is 3.17. The van der Waals surface area contributed by atoms with E-state index in [9.17, 15) is 4.79 Å². The molecule has 5 rings (SSSR count). The highest BCUT2D eigenvalue weighted by atomic mass is 16.5. The highest BCUT2D eigenvalue weighted by molar-refractivity contribution is 5.92. The molecule has 0 radical (unpaired) electrons. The van der Waals surface area contributed by atoms with Crippen molar-refractivity contribution in [3.8, 4) is 5.75 Å². The van der Waals surface area contributed by atoms with Crippen molar-refractivity contribution in [3.05, 3.63) is 53.9 Å². The number of carbonyl (C=O) groups is 1. The fraction of sp³-hybridized carbons (Fsp3) is 0.586. The van der Waals surface area contributed by atoms with Crippen LogP contribution in [0, 0.1) is 18.8 Å². The van der Waals surface area contributed by atoms with Crippen molar-refractivity contribution < 1.29 is 9.53 Å². The van der Waals surface area contributed by atoms with Gasteiger partial charge in [0.05, 0.1) is 12.8 Å². The first kappa shape index (κ1) is 24.3. The number of benzene rings is 1. The molecule has 6 heteroatoms. The SMILES string of the molecule is COc1ccc(C)cc1NC(=O)CCC[C@@H]1[C@H]2CCCN3CCC[C@@H](CN1Cc1cccnc1)[C@@H]23. The van der Waals surface area contributed by atoms with E-state index in [2.05, 4.69) is 26.2 Å². The molecule has 0 spiro atoms. The quantitative estimate of drug-likeness (QED) is 0.588. The second-order valence-electron chi connectivity index (χ2n) is 10.7. The standard InChI is InChI=1S/C29H40N4O2/c1-21-12-13-27(35-2)25(17-21)31-28(34)11-3-10-26-24-9-6-16-32-15-5-8-23(29(24)32)20-33(26)19-22-7-4-14-30-18-22/h4,7,12-14,17-18,23-24,26,29H,3,5-6,8-11,15-16,19-20H2,1-2H3,(H,31,34)/t23-,24+,26+,29-/m0/s1. The summed E-state index contributed by atoms with van der Waals surface area (Å²) >= 11 is 0. The van der Waals surface area contributed by atoms with Gasteiger partial charge in [-0.15, -0.1) is 0 Å². The molecule has 3 aliphatic heterocycles. The minimum absolute atomic E-state index is 0.0735. The molecule has 0 unspecified atom stereocenters. The lowest BCUT2D eigenvalue weighted by Crippen LogP contribution is -2.64. The topological polar surface area (TPSA) is 57.7 Å². The van der Waals surface area contributed by atoms with Crippen LogP contribution in [0.15, 0.2) is 42.7 Å². The van der Waals surface area contributed by atoms with Gasteiger partial charge in [0.1, 0.15) is 5.75 Å². The van der Waals surface area contributed by atoms with Crippen LogP contribution in [0.25, 0.3) is 0 Å². The molecule has 1 aromatic heterocycles. The van der Waals surface area contributed by atoms with Crippen molar-refractivity contribution in [2.45, 2.75) is 70.5 Å². The Hall–Kier alpha value is -2.44. The Kier molecular flexibility index (Phi) is 7.69. The molecule has 0 bridgehead atoms. The second kappa shape index (κ2) is 11.1. The second-order valence-corrected chi connectivity index (χ2v) is 10.7. The van der Waals surface area contributed by atoms with E-state index in [0.717, 1.165) is 42.6 Å². The zero-order valence-corrected chi connectivity index (χ0v) is 21.3. The minimum Gasteiger partial charge on any atom is -0.495 e. The van der Waals surface area contributed by atoms with Gasteiger partial charge in [-0.25, -0.2) is 0 Å². The lowest BCUT2D eigenvalue weighted by atomic mass is 9.69. The van der Waals surface area contributed by atoms with Crippen LogP contribution in [0.1, 0.15) is 56.1 Å². The van der Waals surface area contributed by atoms with Gasteiger partial charge >= 0.3 is 0 Å². The molecule has 188 valence electrons. The van der Waals surface area contributed by atoms with Gasteiger partial charge in [0.25, 0.3) is 0 Å². The molecule has 3 saturated heterocycles. The van der Waals surface area contributed by atoms with Gasteiger partial charge in [-0.2, -0.15) is 0 Å². The lowest BCUT2D eigenvalue weighted by Gasteiger charge is -2.57. The zero-order valence-electron chi connectivity index (χ0n) is 21.3. The maximum absolute atomic E-state index is 12.9. The number of hydrogen-bond donors (Lipinski definition) is 1. The molecule has 3 aliphatic rings. The molecule has 35 heavy (non-hydrogen) atoms. The first-order valence-electron chi connectivity index (χ1n) is 13.4. The average Bonchev–Trinajstić information content (AvgIpc) is 2.87. The van der Waals surface area contributed by atoms with E-state index in [0.29, 0.717) is 24.1 Å². The molecule has 6 nitrogen and oxygen atoms in total. The largest absolute Gasteiger partial charge is 0.495 e. The number of anilines is 1. The third-order valence-electron chi connectivity index (χ3n) is 8.42. The van der Waals surface area contributed by atoms with Crippen molar-refractivity contribution in [2.24, 2.45) is 11.8 Å². The van der Waals surface area contributed by atoms with Gasteiger partial charge < -0.3 is 10.1 Å². The molecule has 4 atom stereocenters. The number of pyridine rings is 1. The fourth-order valence-electron chi connectivity index (χ4n) is 6.99. The Morgan fingerprint density at radius 3 is 2.86 bits per heavy atom. The predicted molar refractivity (Wildman–Crippen MR) is 139 cm³/mol. The molecular weight excluding hydrogens is 436 g/mol. The Labute approximate surface area is 210 Å². The third kappa shape index (κ3) is 5.54. The highest BCUT2D eigenvalue weighted by Crippen LogP contribution is 2.43. The number of nitrogens with one attached hydrogen (secondary N) is 1. The van der Waals surface area contributed by atoms with E-state index in [1.807, 2.05) is 43.6 Å². The molecule has 3 fully saturated rings. The van der Waals surface area contributed by atoms with Gasteiger partial charge in [0.15, 0.2) is 0 Å². The highest BCUT2D eigenvalue weighted by Gasteiger charge is 2.48. The van der Waals surface area contributed by atoms with Crippen LogP contribution in [0.5, 0.6) is 5.75 Å². The number of nitrogens with zero attached hydrogens (tertiary/aromatic N) is 3. The number of aromatic nitrogens is 1. The van der Waals surface area contributed by atoms with Crippen molar-refractivity contribution in [1.82, 2.24) is 14.8 Å². The van der Waals surface area contributed by atoms with E-state index in [1.165, 1.54) is 50.9 Å². The first-order valence-corrected chi connectivity index (χ1v) is 13.4. The van der Waals surface area contributed by atoms with Crippen molar-refractivity contribution in [1.29, 1.82) is 0 Å². The summed E-state index contributed by atoms with van der Waals surface area (Å²) in [5.74, 6) is 2.27. The number of ether oxygens (including phenoxy) is 1. The lowest BCUT2D eigenvalue weighted by molar-refractivity contribution is -0.116. The number of hydrogen-bond acceptors (Lipinski definition) is 5. The van der Waals surface area contributed by atoms with E-state index in [4.69, 9.17) is 4.74 Å². The number of rotatable bonds is 8. The van der Waals surface area contributed by atoms with Crippen molar-refractivity contribution in [3.63, 3.8) is 0 Å². The van der Waals surface area contributed by atoms with Gasteiger partial charge in [-0.3, -0.25) is 19.6 Å². The van der Waals surface area contributed by atoms with Gasteiger partial charge in [0, 0.05) is 44.0 Å². The van der Waals surface area contributed by atoms with Crippen LogP contribution in [0.3, 0.4) is 0 Å². The van der Waals surface area contributed by atoms with Crippen LogP contribution in [0.2, 0.25) is 0 Å². The smallest absolute Gasteiger partial charge is 0.224 e. The number of methoxy groups -OCH3 is 1. The van der Waals surface area contributed by atoms with Gasteiger partial charge in [-0.05, 0) is 99.7 Å². The van der Waals surface area contributed by atoms with Crippen LogP contribution >= 0.6 is 0 Å². The van der Waals surface area contributed by atoms with E-state index < -0.39 is 0 Å². The molecule has 1 amide bonds. The summed E-state index contributed by atoms with van der Waals surface area (Å²) in [6.45, 7) is 6.71. The summed E-state index contributed by atoms with van der Waals surface area (Å²) in [5, 5.41) is 3.09. The maximum Gasteiger partial charge on any atom is 0.224 e. The van der Waals surface area contributed by atoms with Crippen molar-refractivity contribution in [2.75, 3.05) is 32.1 Å². The first-order chi connectivity index (χ1) is 17.1. The maximum atomic E-state index is 12.9. The normalized spacial score (nSPS) is 26.7. The van der Waals surface area contributed by atoms with Gasteiger partial charge in [-0.1, -0.05) is 12.1 Å². The average molecular weight is 477 g/mol. The summed E-state index contributed by atoms with van der Waals surface area (Å²) < 4.78 is 5.44. The number of piperidine rings is 3. The molecular formula is C29H40N4O2. The summed E-state index contributed by atoms with van der Waals surface area (Å²) in [4.78, 5) is 22.8. The Morgan fingerprint density at radius 2 is 2.06 bits per heavy atom. The van der Waals surface area contributed by atoms with E-state index in [1.54, 1.807) is 7.11 Å². The van der Waals surface area contributed by atoms with E-state index >= 15 is 0 Å². The Bertz CT molecular complexity index is 995. The van der Waals surface area contributed by atoms with Gasteiger partial charge in [0.2, 0.25) is 5.91 Å². The van der Waals surface area contributed by atoms with Crippen LogP contribution in [0.4, 0.5) is 5.69 Å². The summed E-state index contributed by atoms with van der Waals surface area (Å²) in [7, 11) is 1.65. The zero-order chi connectivity index (χ0) is 24.2. The van der Waals surface area contributed by atoms with Crippen molar-refractivity contribution >= 4 is 11.6 Å². The number of carbonyl (C=O) groups excluding carboxylic acids is 1. The molecule has 4 heterocycles. The Balaban J connectivity index is 1.26. The molecule has 2 aromatic rings. The summed E-state index contributed by atoms with van der Waals surface area (Å²) in [6, 6.07) is 11.4. The number of aryl methyl sites for hydroxylation is 1. The fourth-order valence-corrected chi connectivity index (χ4v) is 6.99. The third-order valence-corrected chi connectivity index (χ3v) is 8.42. The molecule has 1 N–H and O–H groups in total. The number of amides is 1. The molecule has 1 aromatic carbocycles. The Morgan fingerprint density at radius 1 is 1.20 bits per heavy atom. The number of likely N-dealkylation sites (tertiary alicyclic amines) is 1. The summed E-state index contributed by atoms with van der Waals surface area (Å²) in [6.07, 6.45) is 11.7. The minimum atomic E-state index is 0.0735. The predicted octanol–water partition coefficient (Wildman–Crippen LogP) is 4.88. The monoisotopic (exact) mass is 476 g/mol.